The van der Waals surface area contributed by atoms with Crippen LogP contribution in [0.25, 0.3) is 0 Å². The van der Waals surface area contributed by atoms with Crippen molar-refractivity contribution in [1.29, 1.82) is 0 Å². The van der Waals surface area contributed by atoms with Gasteiger partial charge in [0.05, 0.1) is 18.9 Å². The predicted octanol–water partition coefficient (Wildman–Crippen LogP) is 3.43. The normalized spacial score (nSPS) is 36.2. The van der Waals surface area contributed by atoms with E-state index in [1.54, 1.807) is 0 Å². The summed E-state index contributed by atoms with van der Waals surface area (Å²) in [5.74, 6) is 1.29. The molecule has 0 N–H and O–H groups in total. The van der Waals surface area contributed by atoms with E-state index in [1.807, 2.05) is 6.92 Å². The molecular formula is C17H23ClN2O2. The van der Waals surface area contributed by atoms with E-state index >= 15 is 0 Å². The molecule has 22 heavy (non-hydrogen) atoms. The number of nitrogens with zero attached hydrogens (tertiary/aromatic N) is 2. The average molecular weight is 323 g/mol. The molecule has 1 aliphatic heterocycles. The summed E-state index contributed by atoms with van der Waals surface area (Å²) in [4.78, 5) is 9.15. The van der Waals surface area contributed by atoms with Gasteiger partial charge in [0.2, 0.25) is 0 Å². The van der Waals surface area contributed by atoms with Crippen LogP contribution < -0.4 is 0 Å². The molecule has 0 radical (unpaired) electrons. The molecule has 0 bridgehead atoms. The van der Waals surface area contributed by atoms with Crippen molar-refractivity contribution in [3.8, 4) is 0 Å². The molecule has 5 heteroatoms. The highest BCUT2D eigenvalue weighted by molar-refractivity contribution is 6.30. The van der Waals surface area contributed by atoms with Gasteiger partial charge in [-0.05, 0) is 32.1 Å². The molecule has 1 spiro atoms. The Kier molecular flexibility index (Phi) is 3.30. The van der Waals surface area contributed by atoms with E-state index < -0.39 is 0 Å². The molecule has 4 rings (SSSR count). The molecule has 1 saturated heterocycles. The van der Waals surface area contributed by atoms with Gasteiger partial charge in [0, 0.05) is 23.3 Å². The Morgan fingerprint density at radius 2 is 1.91 bits per heavy atom. The Balaban J connectivity index is 1.78. The first kappa shape index (κ1) is 14.9. The summed E-state index contributed by atoms with van der Waals surface area (Å²) < 4.78 is 12.1. The lowest BCUT2D eigenvalue weighted by atomic mass is 9.55. The van der Waals surface area contributed by atoms with Gasteiger partial charge in [-0.1, -0.05) is 25.4 Å². The average Bonchev–Trinajstić information content (AvgIpc) is 2.94. The van der Waals surface area contributed by atoms with E-state index in [9.17, 15) is 0 Å². The van der Waals surface area contributed by atoms with Crippen LogP contribution in [0.2, 0.25) is 5.15 Å². The van der Waals surface area contributed by atoms with Gasteiger partial charge < -0.3 is 9.47 Å². The van der Waals surface area contributed by atoms with E-state index in [1.165, 1.54) is 5.69 Å². The third-order valence-corrected chi connectivity index (χ3v) is 6.51. The summed E-state index contributed by atoms with van der Waals surface area (Å²) in [6, 6.07) is 0. The van der Waals surface area contributed by atoms with Gasteiger partial charge in [-0.25, -0.2) is 9.97 Å². The van der Waals surface area contributed by atoms with Crippen molar-refractivity contribution in [2.75, 3.05) is 13.2 Å². The lowest BCUT2D eigenvalue weighted by Crippen LogP contribution is -2.55. The number of rotatable bonds is 0. The molecule has 2 aliphatic carbocycles. The number of hydrogen-bond acceptors (Lipinski definition) is 4. The quantitative estimate of drug-likeness (QED) is 0.686. The molecule has 3 atom stereocenters. The summed E-state index contributed by atoms with van der Waals surface area (Å²) in [5, 5.41) is 0.642. The van der Waals surface area contributed by atoms with Crippen molar-refractivity contribution in [3.05, 3.63) is 22.2 Å². The summed E-state index contributed by atoms with van der Waals surface area (Å²) in [6.07, 6.45) is 4.02. The molecule has 3 aliphatic rings. The van der Waals surface area contributed by atoms with E-state index in [0.717, 1.165) is 50.3 Å². The van der Waals surface area contributed by atoms with Crippen molar-refractivity contribution < 1.29 is 9.47 Å². The van der Waals surface area contributed by atoms with Crippen LogP contribution in [0.4, 0.5) is 0 Å². The van der Waals surface area contributed by atoms with Crippen LogP contribution in [0.5, 0.6) is 0 Å². The maximum atomic E-state index is 6.40. The van der Waals surface area contributed by atoms with Crippen LogP contribution in [0, 0.1) is 18.8 Å². The molecule has 4 nitrogen and oxygen atoms in total. The molecule has 1 aromatic rings. The SMILES string of the molecule is Cc1nc(Cl)c2c(n1)[C@@]1(C)CCC3(OCCO3)[C@@H](C)[C@@H]1CC2. The number of ether oxygens (including phenoxy) is 2. The summed E-state index contributed by atoms with van der Waals surface area (Å²) in [6.45, 7) is 8.00. The first-order valence-electron chi connectivity index (χ1n) is 8.28. The van der Waals surface area contributed by atoms with Gasteiger partial charge >= 0.3 is 0 Å². The van der Waals surface area contributed by atoms with Crippen molar-refractivity contribution in [3.63, 3.8) is 0 Å². The van der Waals surface area contributed by atoms with E-state index in [4.69, 9.17) is 26.1 Å². The van der Waals surface area contributed by atoms with Gasteiger partial charge in [0.1, 0.15) is 11.0 Å². The number of halogens is 1. The highest BCUT2D eigenvalue weighted by Gasteiger charge is 2.57. The third kappa shape index (κ3) is 1.90. The van der Waals surface area contributed by atoms with Crippen LogP contribution >= 0.6 is 11.6 Å². The molecule has 0 amide bonds. The van der Waals surface area contributed by atoms with Crippen LogP contribution in [-0.2, 0) is 21.3 Å². The summed E-state index contributed by atoms with van der Waals surface area (Å²) >= 11 is 6.40. The van der Waals surface area contributed by atoms with Crippen molar-refractivity contribution in [2.24, 2.45) is 11.8 Å². The largest absolute Gasteiger partial charge is 0.347 e. The van der Waals surface area contributed by atoms with Gasteiger partial charge in [-0.15, -0.1) is 0 Å². The molecule has 1 saturated carbocycles. The standard InChI is InChI=1S/C17H23ClN2O2/c1-10-13-5-4-12-14(19-11(2)20-15(12)18)16(13,3)6-7-17(10)21-8-9-22-17/h10,13H,4-9H2,1-3H3/t10-,13-,16-/m0/s1. The van der Waals surface area contributed by atoms with E-state index in [-0.39, 0.29) is 11.2 Å². The minimum atomic E-state index is -0.368. The number of fused-ring (bicyclic) bond motifs is 3. The second kappa shape index (κ2) is 4.89. The van der Waals surface area contributed by atoms with Crippen LogP contribution in [0.3, 0.4) is 0 Å². The Labute approximate surface area is 136 Å². The number of aryl methyl sites for hydroxylation is 1. The van der Waals surface area contributed by atoms with Crippen LogP contribution in [-0.4, -0.2) is 29.0 Å². The maximum Gasteiger partial charge on any atom is 0.171 e. The summed E-state index contributed by atoms with van der Waals surface area (Å²) in [5.41, 5.74) is 2.37. The minimum Gasteiger partial charge on any atom is -0.347 e. The number of hydrogen-bond donors (Lipinski definition) is 0. The Morgan fingerprint density at radius 1 is 1.18 bits per heavy atom. The Hall–Kier alpha value is -0.710. The monoisotopic (exact) mass is 322 g/mol. The number of aromatic nitrogens is 2. The molecule has 2 fully saturated rings. The molecule has 0 aromatic carbocycles. The molecule has 2 heterocycles. The third-order valence-electron chi connectivity index (χ3n) is 6.20. The molecule has 120 valence electrons. The Bertz CT molecular complexity index is 615. The molecular weight excluding hydrogens is 300 g/mol. The van der Waals surface area contributed by atoms with E-state index in [2.05, 4.69) is 18.8 Å². The second-order valence-corrected chi connectivity index (χ2v) is 7.61. The van der Waals surface area contributed by atoms with Gasteiger partial charge in [0.15, 0.2) is 5.79 Å². The minimum absolute atomic E-state index is 0.0465. The lowest BCUT2D eigenvalue weighted by Gasteiger charge is -2.54. The van der Waals surface area contributed by atoms with Crippen molar-refractivity contribution in [2.45, 2.75) is 57.7 Å². The zero-order chi connectivity index (χ0) is 15.5. The zero-order valence-corrected chi connectivity index (χ0v) is 14.2. The van der Waals surface area contributed by atoms with Gasteiger partial charge in [-0.3, -0.25) is 0 Å². The first-order chi connectivity index (χ1) is 10.5. The summed E-state index contributed by atoms with van der Waals surface area (Å²) in [7, 11) is 0. The fourth-order valence-corrected chi connectivity index (χ4v) is 5.31. The first-order valence-corrected chi connectivity index (χ1v) is 8.65. The van der Waals surface area contributed by atoms with Crippen LogP contribution in [0.15, 0.2) is 0 Å². The Morgan fingerprint density at radius 3 is 2.64 bits per heavy atom. The topological polar surface area (TPSA) is 44.2 Å². The lowest BCUT2D eigenvalue weighted by molar-refractivity contribution is -0.234. The van der Waals surface area contributed by atoms with Crippen LogP contribution in [0.1, 0.15) is 50.2 Å². The fourth-order valence-electron chi connectivity index (χ4n) is 5.00. The van der Waals surface area contributed by atoms with Crippen molar-refractivity contribution in [1.82, 2.24) is 9.97 Å². The molecule has 0 unspecified atom stereocenters. The van der Waals surface area contributed by atoms with Crippen molar-refractivity contribution >= 4 is 11.6 Å². The fraction of sp³-hybridized carbons (Fsp3) is 0.765. The zero-order valence-electron chi connectivity index (χ0n) is 13.5. The highest BCUT2D eigenvalue weighted by Crippen LogP contribution is 2.56. The second-order valence-electron chi connectivity index (χ2n) is 7.25. The smallest absolute Gasteiger partial charge is 0.171 e. The maximum absolute atomic E-state index is 6.40. The van der Waals surface area contributed by atoms with E-state index in [0.29, 0.717) is 17.0 Å². The highest BCUT2D eigenvalue weighted by atomic mass is 35.5. The van der Waals surface area contributed by atoms with Gasteiger partial charge in [-0.2, -0.15) is 0 Å². The molecule has 1 aromatic heterocycles. The van der Waals surface area contributed by atoms with Gasteiger partial charge in [0.25, 0.3) is 0 Å². The predicted molar refractivity (Wildman–Crippen MR) is 84.0 cm³/mol.